The molecular weight excluding hydrogens is 233 g/mol. The van der Waals surface area contributed by atoms with Gasteiger partial charge in [-0.2, -0.15) is 0 Å². The molecule has 1 aliphatic heterocycles. The molecule has 0 bridgehead atoms. The second-order valence-corrected chi connectivity index (χ2v) is 4.74. The van der Waals surface area contributed by atoms with Crippen molar-refractivity contribution in [2.75, 3.05) is 19.6 Å². The first kappa shape index (κ1) is 13.0. The number of amides is 1. The standard InChI is InChI=1S/C13H18FN3O/c1-10(9-17-6-2-3-7-17)16-13(18)11-4-5-15-8-12(11)14/h4-5,8,10H,2-3,6-7,9H2,1H3,(H,16,18). The Hall–Kier alpha value is -1.49. The lowest BCUT2D eigenvalue weighted by atomic mass is 10.2. The van der Waals surface area contributed by atoms with Crippen molar-refractivity contribution in [3.63, 3.8) is 0 Å². The van der Waals surface area contributed by atoms with Gasteiger partial charge in [-0.05, 0) is 38.9 Å². The van der Waals surface area contributed by atoms with Crippen molar-refractivity contribution >= 4 is 5.91 Å². The first-order valence-electron chi connectivity index (χ1n) is 6.29. The summed E-state index contributed by atoms with van der Waals surface area (Å²) in [7, 11) is 0. The zero-order chi connectivity index (χ0) is 13.0. The van der Waals surface area contributed by atoms with Crippen molar-refractivity contribution in [2.24, 2.45) is 0 Å². The van der Waals surface area contributed by atoms with Crippen molar-refractivity contribution in [1.29, 1.82) is 0 Å². The van der Waals surface area contributed by atoms with Gasteiger partial charge in [0, 0.05) is 18.8 Å². The number of hydrogen-bond donors (Lipinski definition) is 1. The van der Waals surface area contributed by atoms with Crippen LogP contribution in [0.25, 0.3) is 0 Å². The topological polar surface area (TPSA) is 45.2 Å². The normalized spacial score (nSPS) is 17.7. The van der Waals surface area contributed by atoms with Crippen molar-refractivity contribution < 1.29 is 9.18 Å². The van der Waals surface area contributed by atoms with E-state index in [1.165, 1.54) is 25.1 Å². The summed E-state index contributed by atoms with van der Waals surface area (Å²) in [5.74, 6) is -0.954. The Kier molecular flexibility index (Phi) is 4.25. The molecule has 1 fully saturated rings. The molecule has 18 heavy (non-hydrogen) atoms. The summed E-state index contributed by atoms with van der Waals surface area (Å²) in [6, 6.07) is 1.41. The first-order chi connectivity index (χ1) is 8.66. The number of pyridine rings is 1. The van der Waals surface area contributed by atoms with E-state index in [9.17, 15) is 9.18 Å². The van der Waals surface area contributed by atoms with Gasteiger partial charge in [-0.1, -0.05) is 0 Å². The SMILES string of the molecule is CC(CN1CCCC1)NC(=O)c1ccncc1F. The number of halogens is 1. The summed E-state index contributed by atoms with van der Waals surface area (Å²) in [4.78, 5) is 17.8. The number of carbonyl (C=O) groups excluding carboxylic acids is 1. The predicted molar refractivity (Wildman–Crippen MR) is 66.8 cm³/mol. The van der Waals surface area contributed by atoms with E-state index in [0.29, 0.717) is 0 Å². The lowest BCUT2D eigenvalue weighted by Gasteiger charge is -2.21. The van der Waals surface area contributed by atoms with Crippen LogP contribution in [0.4, 0.5) is 4.39 Å². The molecule has 1 aliphatic rings. The van der Waals surface area contributed by atoms with Crippen molar-refractivity contribution in [1.82, 2.24) is 15.2 Å². The predicted octanol–water partition coefficient (Wildman–Crippen LogP) is 1.43. The van der Waals surface area contributed by atoms with Crippen LogP contribution in [-0.2, 0) is 0 Å². The molecule has 0 aliphatic carbocycles. The van der Waals surface area contributed by atoms with Crippen LogP contribution in [0, 0.1) is 5.82 Å². The molecule has 1 aromatic heterocycles. The highest BCUT2D eigenvalue weighted by Crippen LogP contribution is 2.08. The Balaban J connectivity index is 1.88. The fourth-order valence-electron chi connectivity index (χ4n) is 2.26. The van der Waals surface area contributed by atoms with E-state index in [1.54, 1.807) is 0 Å². The molecule has 2 rings (SSSR count). The summed E-state index contributed by atoms with van der Waals surface area (Å²) < 4.78 is 13.4. The van der Waals surface area contributed by atoms with E-state index in [0.717, 1.165) is 25.8 Å². The highest BCUT2D eigenvalue weighted by atomic mass is 19.1. The van der Waals surface area contributed by atoms with E-state index in [-0.39, 0.29) is 17.5 Å². The molecule has 1 saturated heterocycles. The number of aromatic nitrogens is 1. The molecule has 0 radical (unpaired) electrons. The third-order valence-electron chi connectivity index (χ3n) is 3.13. The van der Waals surface area contributed by atoms with E-state index >= 15 is 0 Å². The minimum absolute atomic E-state index is 0.0168. The Morgan fingerprint density at radius 2 is 2.28 bits per heavy atom. The zero-order valence-electron chi connectivity index (χ0n) is 10.5. The van der Waals surface area contributed by atoms with Crippen molar-refractivity contribution in [3.8, 4) is 0 Å². The van der Waals surface area contributed by atoms with Gasteiger partial charge in [0.2, 0.25) is 0 Å². The fraction of sp³-hybridized carbons (Fsp3) is 0.538. The molecule has 5 heteroatoms. The second-order valence-electron chi connectivity index (χ2n) is 4.74. The van der Waals surface area contributed by atoms with Gasteiger partial charge in [0.25, 0.3) is 5.91 Å². The lowest BCUT2D eigenvalue weighted by Crippen LogP contribution is -2.41. The molecule has 0 saturated carbocycles. The number of hydrogen-bond acceptors (Lipinski definition) is 3. The highest BCUT2D eigenvalue weighted by molar-refractivity contribution is 5.94. The molecule has 1 N–H and O–H groups in total. The Bertz CT molecular complexity index is 418. The average Bonchev–Trinajstić information content (AvgIpc) is 2.82. The van der Waals surface area contributed by atoms with Crippen LogP contribution in [0.3, 0.4) is 0 Å². The van der Waals surface area contributed by atoms with Gasteiger partial charge in [-0.25, -0.2) is 4.39 Å². The van der Waals surface area contributed by atoms with E-state index < -0.39 is 5.82 Å². The number of nitrogens with zero attached hydrogens (tertiary/aromatic N) is 2. The maximum absolute atomic E-state index is 13.4. The number of carbonyl (C=O) groups is 1. The summed E-state index contributed by atoms with van der Waals surface area (Å²) in [5.41, 5.74) is 0.0540. The van der Waals surface area contributed by atoms with Crippen LogP contribution in [0.1, 0.15) is 30.1 Å². The largest absolute Gasteiger partial charge is 0.348 e. The molecule has 1 aromatic rings. The third-order valence-corrected chi connectivity index (χ3v) is 3.13. The van der Waals surface area contributed by atoms with Crippen LogP contribution < -0.4 is 5.32 Å². The maximum atomic E-state index is 13.4. The van der Waals surface area contributed by atoms with Gasteiger partial charge < -0.3 is 10.2 Å². The Labute approximate surface area is 106 Å². The number of likely N-dealkylation sites (tertiary alicyclic amines) is 1. The maximum Gasteiger partial charge on any atom is 0.254 e. The van der Waals surface area contributed by atoms with Gasteiger partial charge in [0.15, 0.2) is 5.82 Å². The fourth-order valence-corrected chi connectivity index (χ4v) is 2.26. The van der Waals surface area contributed by atoms with Gasteiger partial charge in [0.1, 0.15) is 0 Å². The monoisotopic (exact) mass is 251 g/mol. The van der Waals surface area contributed by atoms with Gasteiger partial charge >= 0.3 is 0 Å². The molecule has 0 spiro atoms. The minimum Gasteiger partial charge on any atom is -0.348 e. The van der Waals surface area contributed by atoms with Crippen LogP contribution in [-0.4, -0.2) is 41.5 Å². The van der Waals surface area contributed by atoms with Crippen LogP contribution in [0.5, 0.6) is 0 Å². The van der Waals surface area contributed by atoms with Crippen molar-refractivity contribution in [2.45, 2.75) is 25.8 Å². The second kappa shape index (κ2) is 5.91. The summed E-state index contributed by atoms with van der Waals surface area (Å²) >= 11 is 0. The molecule has 0 aromatic carbocycles. The quantitative estimate of drug-likeness (QED) is 0.880. The molecule has 4 nitrogen and oxygen atoms in total. The van der Waals surface area contributed by atoms with Gasteiger partial charge in [-0.15, -0.1) is 0 Å². The molecule has 98 valence electrons. The van der Waals surface area contributed by atoms with Gasteiger partial charge in [-0.3, -0.25) is 9.78 Å². The first-order valence-corrected chi connectivity index (χ1v) is 6.29. The highest BCUT2D eigenvalue weighted by Gasteiger charge is 2.18. The Morgan fingerprint density at radius 1 is 1.56 bits per heavy atom. The van der Waals surface area contributed by atoms with Crippen LogP contribution in [0.2, 0.25) is 0 Å². The number of nitrogens with one attached hydrogen (secondary N) is 1. The molecular formula is C13H18FN3O. The lowest BCUT2D eigenvalue weighted by molar-refractivity contribution is 0.0927. The van der Waals surface area contributed by atoms with Gasteiger partial charge in [0.05, 0.1) is 11.8 Å². The average molecular weight is 251 g/mol. The summed E-state index contributed by atoms with van der Waals surface area (Å²) in [6.45, 7) is 4.93. The summed E-state index contributed by atoms with van der Waals surface area (Å²) in [6.07, 6.45) is 4.92. The van der Waals surface area contributed by atoms with E-state index in [2.05, 4.69) is 15.2 Å². The van der Waals surface area contributed by atoms with E-state index in [4.69, 9.17) is 0 Å². The third kappa shape index (κ3) is 3.26. The van der Waals surface area contributed by atoms with Crippen LogP contribution in [0.15, 0.2) is 18.5 Å². The van der Waals surface area contributed by atoms with Crippen molar-refractivity contribution in [3.05, 3.63) is 29.8 Å². The molecule has 2 heterocycles. The zero-order valence-corrected chi connectivity index (χ0v) is 10.5. The smallest absolute Gasteiger partial charge is 0.254 e. The van der Waals surface area contributed by atoms with E-state index in [1.807, 2.05) is 6.92 Å². The minimum atomic E-state index is -0.580. The molecule has 1 atom stereocenters. The Morgan fingerprint density at radius 3 is 2.94 bits per heavy atom. The number of rotatable bonds is 4. The summed E-state index contributed by atoms with van der Waals surface area (Å²) in [5, 5.41) is 2.82. The molecule has 1 unspecified atom stereocenters. The van der Waals surface area contributed by atoms with Crippen LogP contribution >= 0.6 is 0 Å². The molecule has 1 amide bonds.